The second-order valence-electron chi connectivity index (χ2n) is 5.63. The average molecular weight is 374 g/mol. The van der Waals surface area contributed by atoms with E-state index in [9.17, 15) is 14.4 Å². The van der Waals surface area contributed by atoms with E-state index in [1.54, 1.807) is 40.6 Å². The highest BCUT2D eigenvalue weighted by Crippen LogP contribution is 2.25. The van der Waals surface area contributed by atoms with Gasteiger partial charge in [0.05, 0.1) is 12.8 Å². The maximum absolute atomic E-state index is 12.0. The molecule has 3 rings (SSSR count). The molecule has 1 fully saturated rings. The molecule has 1 N–H and O–H groups in total. The van der Waals surface area contributed by atoms with Gasteiger partial charge in [0.2, 0.25) is 5.91 Å². The summed E-state index contributed by atoms with van der Waals surface area (Å²) in [5, 5.41) is 4.33. The van der Waals surface area contributed by atoms with Crippen LogP contribution in [0, 0.1) is 0 Å². The number of nitrogens with one attached hydrogen (secondary N) is 1. The largest absolute Gasteiger partial charge is 0.484 e. The van der Waals surface area contributed by atoms with Crippen LogP contribution in [0.4, 0.5) is 11.4 Å². The molecule has 26 heavy (non-hydrogen) atoms. The summed E-state index contributed by atoms with van der Waals surface area (Å²) in [5.41, 5.74) is 1.23. The van der Waals surface area contributed by atoms with Crippen molar-refractivity contribution in [3.8, 4) is 5.75 Å². The number of carbonyl (C=O) groups is 3. The van der Waals surface area contributed by atoms with Crippen molar-refractivity contribution < 1.29 is 23.9 Å². The summed E-state index contributed by atoms with van der Waals surface area (Å²) in [6.45, 7) is 0.531. The van der Waals surface area contributed by atoms with Crippen LogP contribution in [0.25, 0.3) is 0 Å². The van der Waals surface area contributed by atoms with Crippen LogP contribution in [-0.2, 0) is 14.3 Å². The van der Waals surface area contributed by atoms with Gasteiger partial charge in [0.25, 0.3) is 5.91 Å². The monoisotopic (exact) mass is 374 g/mol. The highest BCUT2D eigenvalue weighted by atomic mass is 32.1. The fourth-order valence-electron chi connectivity index (χ4n) is 2.64. The third-order valence-electron chi connectivity index (χ3n) is 3.90. The number of rotatable bonds is 6. The van der Waals surface area contributed by atoms with E-state index in [-0.39, 0.29) is 18.4 Å². The lowest BCUT2D eigenvalue weighted by atomic mass is 10.3. The van der Waals surface area contributed by atoms with Gasteiger partial charge in [0.1, 0.15) is 10.6 Å². The normalized spacial score (nSPS) is 13.6. The summed E-state index contributed by atoms with van der Waals surface area (Å²) in [7, 11) is 1.29. The quantitative estimate of drug-likeness (QED) is 0.786. The number of benzene rings is 1. The topological polar surface area (TPSA) is 84.9 Å². The molecule has 136 valence electrons. The smallest absolute Gasteiger partial charge is 0.350 e. The van der Waals surface area contributed by atoms with Gasteiger partial charge in [-0.2, -0.15) is 0 Å². The number of carbonyl (C=O) groups excluding carboxylic acids is 3. The predicted octanol–water partition coefficient (Wildman–Crippen LogP) is 2.68. The molecule has 2 aromatic rings. The van der Waals surface area contributed by atoms with Gasteiger partial charge >= 0.3 is 5.97 Å². The van der Waals surface area contributed by atoms with Crippen LogP contribution >= 0.6 is 11.3 Å². The van der Waals surface area contributed by atoms with Crippen LogP contribution in [0.1, 0.15) is 22.5 Å². The van der Waals surface area contributed by atoms with Crippen molar-refractivity contribution in [2.24, 2.45) is 0 Å². The lowest BCUT2D eigenvalue weighted by Crippen LogP contribution is -2.23. The Hall–Kier alpha value is -2.87. The van der Waals surface area contributed by atoms with E-state index in [2.05, 4.69) is 10.1 Å². The highest BCUT2D eigenvalue weighted by molar-refractivity contribution is 7.12. The molecule has 0 atom stereocenters. The van der Waals surface area contributed by atoms with Crippen molar-refractivity contribution in [1.29, 1.82) is 0 Å². The third-order valence-corrected chi connectivity index (χ3v) is 4.80. The van der Waals surface area contributed by atoms with Crippen molar-refractivity contribution in [3.63, 3.8) is 0 Å². The minimum atomic E-state index is -0.497. The number of thiophene rings is 1. The Morgan fingerprint density at radius 3 is 2.65 bits per heavy atom. The average Bonchev–Trinajstić information content (AvgIpc) is 3.28. The fraction of sp³-hybridized carbons (Fsp3) is 0.278. The molecule has 1 aromatic carbocycles. The minimum Gasteiger partial charge on any atom is -0.484 e. The molecule has 0 spiro atoms. The third kappa shape index (κ3) is 4.02. The first-order chi connectivity index (χ1) is 12.6. The van der Waals surface area contributed by atoms with Crippen LogP contribution in [0.3, 0.4) is 0 Å². The minimum absolute atomic E-state index is 0.121. The Labute approximate surface area is 154 Å². The molecule has 2 amide bonds. The molecule has 0 aliphatic carbocycles. The molecule has 8 heteroatoms. The fourth-order valence-corrected chi connectivity index (χ4v) is 3.40. The molecule has 0 unspecified atom stereocenters. The Balaban J connectivity index is 1.54. The van der Waals surface area contributed by atoms with Crippen LogP contribution in [0.15, 0.2) is 35.7 Å². The van der Waals surface area contributed by atoms with Gasteiger partial charge in [-0.25, -0.2) is 4.79 Å². The number of esters is 1. The van der Waals surface area contributed by atoms with Crippen LogP contribution in [0.2, 0.25) is 0 Å². The van der Waals surface area contributed by atoms with E-state index in [0.29, 0.717) is 22.7 Å². The Morgan fingerprint density at radius 2 is 2.00 bits per heavy atom. The number of ether oxygens (including phenoxy) is 2. The summed E-state index contributed by atoms with van der Waals surface area (Å²) in [6, 6.07) is 8.67. The van der Waals surface area contributed by atoms with Crippen LogP contribution in [-0.4, -0.2) is 38.0 Å². The number of nitrogens with zero attached hydrogens (tertiary/aromatic N) is 1. The lowest BCUT2D eigenvalue weighted by Gasteiger charge is -2.16. The van der Waals surface area contributed by atoms with Gasteiger partial charge in [0.15, 0.2) is 6.61 Å². The van der Waals surface area contributed by atoms with Crippen LogP contribution < -0.4 is 15.0 Å². The molecular formula is C18H18N2O5S. The first kappa shape index (κ1) is 17.9. The standard InChI is InChI=1S/C18H18N2O5S/c1-24-18(23)17-14(8-10-26-17)19-15(21)11-25-13-6-4-12(5-7-13)20-9-2-3-16(20)22/h4-8,10H,2-3,9,11H2,1H3,(H,19,21). The van der Waals surface area contributed by atoms with E-state index >= 15 is 0 Å². The number of anilines is 2. The van der Waals surface area contributed by atoms with Crippen molar-refractivity contribution in [3.05, 3.63) is 40.6 Å². The Kier molecular flexibility index (Phi) is 5.52. The number of hydrogen-bond donors (Lipinski definition) is 1. The summed E-state index contributed by atoms with van der Waals surface area (Å²) in [4.78, 5) is 37.4. The maximum Gasteiger partial charge on any atom is 0.350 e. The lowest BCUT2D eigenvalue weighted by molar-refractivity contribution is -0.118. The zero-order chi connectivity index (χ0) is 18.5. The van der Waals surface area contributed by atoms with E-state index in [1.165, 1.54) is 18.4 Å². The van der Waals surface area contributed by atoms with E-state index in [0.717, 1.165) is 18.7 Å². The maximum atomic E-state index is 12.0. The number of amides is 2. The Bertz CT molecular complexity index is 815. The van der Waals surface area contributed by atoms with Crippen molar-refractivity contribution in [2.75, 3.05) is 30.5 Å². The van der Waals surface area contributed by atoms with Crippen molar-refractivity contribution in [1.82, 2.24) is 0 Å². The molecule has 1 saturated heterocycles. The van der Waals surface area contributed by atoms with E-state index < -0.39 is 5.97 Å². The van der Waals surface area contributed by atoms with Crippen molar-refractivity contribution >= 4 is 40.5 Å². The van der Waals surface area contributed by atoms with Gasteiger partial charge in [-0.15, -0.1) is 11.3 Å². The SMILES string of the molecule is COC(=O)c1sccc1NC(=O)COc1ccc(N2CCCC2=O)cc1. The molecule has 1 aliphatic rings. The molecule has 2 heterocycles. The van der Waals surface area contributed by atoms with E-state index in [4.69, 9.17) is 4.74 Å². The van der Waals surface area contributed by atoms with Gasteiger partial charge in [0, 0.05) is 18.7 Å². The molecule has 7 nitrogen and oxygen atoms in total. The van der Waals surface area contributed by atoms with Gasteiger partial charge < -0.3 is 19.7 Å². The van der Waals surface area contributed by atoms with Gasteiger partial charge in [-0.1, -0.05) is 0 Å². The van der Waals surface area contributed by atoms with Gasteiger partial charge in [-0.3, -0.25) is 9.59 Å². The van der Waals surface area contributed by atoms with Crippen LogP contribution in [0.5, 0.6) is 5.75 Å². The highest BCUT2D eigenvalue weighted by Gasteiger charge is 2.21. The predicted molar refractivity (Wildman–Crippen MR) is 97.8 cm³/mol. The zero-order valence-corrected chi connectivity index (χ0v) is 15.0. The Morgan fingerprint density at radius 1 is 1.23 bits per heavy atom. The summed E-state index contributed by atoms with van der Waals surface area (Å²) in [6.07, 6.45) is 1.45. The molecule has 0 radical (unpaired) electrons. The number of hydrogen-bond acceptors (Lipinski definition) is 6. The summed E-state index contributed by atoms with van der Waals surface area (Å²) in [5.74, 6) is -0.236. The zero-order valence-electron chi connectivity index (χ0n) is 14.2. The van der Waals surface area contributed by atoms with Gasteiger partial charge in [-0.05, 0) is 42.1 Å². The van der Waals surface area contributed by atoms with E-state index in [1.807, 2.05) is 0 Å². The second kappa shape index (κ2) is 8.01. The summed E-state index contributed by atoms with van der Waals surface area (Å²) < 4.78 is 10.1. The summed E-state index contributed by atoms with van der Waals surface area (Å²) >= 11 is 1.19. The molecular weight excluding hydrogens is 356 g/mol. The second-order valence-corrected chi connectivity index (χ2v) is 6.55. The molecule has 0 bridgehead atoms. The first-order valence-electron chi connectivity index (χ1n) is 8.07. The first-order valence-corrected chi connectivity index (χ1v) is 8.95. The van der Waals surface area contributed by atoms with Crippen molar-refractivity contribution in [2.45, 2.75) is 12.8 Å². The molecule has 0 saturated carbocycles. The molecule has 1 aromatic heterocycles. The number of methoxy groups -OCH3 is 1. The molecule has 1 aliphatic heterocycles.